The van der Waals surface area contributed by atoms with E-state index in [1.54, 1.807) is 13.2 Å². The zero-order valence-corrected chi connectivity index (χ0v) is 15.7. The molecule has 0 saturated carbocycles. The predicted octanol–water partition coefficient (Wildman–Crippen LogP) is 3.24. The Balaban J connectivity index is 1.99. The number of nitrogens with one attached hydrogen (secondary N) is 2. The van der Waals surface area contributed by atoms with Crippen molar-refractivity contribution in [1.29, 1.82) is 0 Å². The topological polar surface area (TPSA) is 54.9 Å². The van der Waals surface area contributed by atoms with E-state index in [0.717, 1.165) is 44.1 Å². The van der Waals surface area contributed by atoms with E-state index >= 15 is 0 Å². The largest absolute Gasteiger partial charge is 0.381 e. The maximum atomic E-state index is 6.21. The van der Waals surface area contributed by atoms with Crippen LogP contribution in [0.15, 0.2) is 23.2 Å². The summed E-state index contributed by atoms with van der Waals surface area (Å²) in [5, 5.41) is 7.87. The third-order valence-corrected chi connectivity index (χ3v) is 4.77. The molecule has 24 heavy (non-hydrogen) atoms. The molecule has 1 aliphatic heterocycles. The lowest BCUT2D eigenvalue weighted by molar-refractivity contribution is -0.0855. The molecule has 0 unspecified atom stereocenters. The van der Waals surface area contributed by atoms with Gasteiger partial charge in [-0.25, -0.2) is 4.99 Å². The van der Waals surface area contributed by atoms with Crippen molar-refractivity contribution >= 4 is 29.2 Å². The second-order valence-corrected chi connectivity index (χ2v) is 6.63. The fourth-order valence-electron chi connectivity index (χ4n) is 2.60. The number of nitrogens with zero attached hydrogens (tertiary/aromatic N) is 1. The quantitative estimate of drug-likeness (QED) is 0.593. The van der Waals surface area contributed by atoms with Crippen LogP contribution < -0.4 is 10.6 Å². The molecular formula is C17H25Cl2N3O2. The highest BCUT2D eigenvalue weighted by Crippen LogP contribution is 2.24. The number of benzene rings is 1. The average Bonchev–Trinajstić information content (AvgIpc) is 2.59. The van der Waals surface area contributed by atoms with Crippen molar-refractivity contribution in [1.82, 2.24) is 10.6 Å². The summed E-state index contributed by atoms with van der Waals surface area (Å²) in [7, 11) is 1.75. The Hall–Kier alpha value is -1.01. The van der Waals surface area contributed by atoms with Gasteiger partial charge in [0.1, 0.15) is 0 Å². The highest BCUT2D eigenvalue weighted by atomic mass is 35.5. The number of ether oxygens (including phenoxy) is 2. The number of halogens is 2. The molecule has 0 radical (unpaired) electrons. The number of guanidine groups is 1. The Morgan fingerprint density at radius 2 is 2.04 bits per heavy atom. The van der Waals surface area contributed by atoms with Crippen LogP contribution in [0.2, 0.25) is 10.0 Å². The molecule has 2 rings (SSSR count). The van der Waals surface area contributed by atoms with Crippen LogP contribution in [-0.2, 0) is 16.0 Å². The maximum Gasteiger partial charge on any atom is 0.191 e. The molecule has 1 aliphatic rings. The minimum atomic E-state index is -0.202. The minimum absolute atomic E-state index is 0.202. The van der Waals surface area contributed by atoms with E-state index in [1.165, 1.54) is 0 Å². The monoisotopic (exact) mass is 373 g/mol. The van der Waals surface area contributed by atoms with Gasteiger partial charge in [0.15, 0.2) is 5.96 Å². The number of hydrogen-bond acceptors (Lipinski definition) is 3. The number of rotatable bonds is 6. The van der Waals surface area contributed by atoms with Gasteiger partial charge in [-0.05, 0) is 24.6 Å². The van der Waals surface area contributed by atoms with Crippen LogP contribution in [-0.4, -0.2) is 45.0 Å². The van der Waals surface area contributed by atoms with Crippen molar-refractivity contribution in [2.75, 3.05) is 33.4 Å². The molecule has 0 spiro atoms. The van der Waals surface area contributed by atoms with E-state index in [1.807, 2.05) is 19.1 Å². The van der Waals surface area contributed by atoms with E-state index < -0.39 is 0 Å². The minimum Gasteiger partial charge on any atom is -0.381 e. The first-order valence-electron chi connectivity index (χ1n) is 8.17. The van der Waals surface area contributed by atoms with Crippen molar-refractivity contribution in [2.45, 2.75) is 31.9 Å². The van der Waals surface area contributed by atoms with Gasteiger partial charge >= 0.3 is 0 Å². The molecule has 1 aromatic rings. The van der Waals surface area contributed by atoms with Crippen LogP contribution in [0.5, 0.6) is 0 Å². The molecule has 1 aromatic carbocycles. The first-order chi connectivity index (χ1) is 11.6. The molecule has 1 heterocycles. The summed E-state index contributed by atoms with van der Waals surface area (Å²) >= 11 is 12.1. The Bertz CT molecular complexity index is 561. The van der Waals surface area contributed by atoms with Crippen LogP contribution in [0.3, 0.4) is 0 Å². The standard InChI is InChI=1S/C17H25Cl2N3O2/c1-3-20-16(21-11-13-4-5-14(18)10-15(13)19)22-12-17(23-2)6-8-24-9-7-17/h4-5,10H,3,6-9,11-12H2,1-2H3,(H2,20,21,22). The Morgan fingerprint density at radius 3 is 2.67 bits per heavy atom. The summed E-state index contributed by atoms with van der Waals surface area (Å²) in [5.74, 6) is 0.742. The molecule has 0 bridgehead atoms. The molecule has 0 aromatic heterocycles. The molecular weight excluding hydrogens is 349 g/mol. The van der Waals surface area contributed by atoms with Gasteiger partial charge in [0.25, 0.3) is 0 Å². The van der Waals surface area contributed by atoms with E-state index in [0.29, 0.717) is 23.1 Å². The molecule has 0 amide bonds. The van der Waals surface area contributed by atoms with Crippen LogP contribution in [0.25, 0.3) is 0 Å². The van der Waals surface area contributed by atoms with Crippen molar-refractivity contribution in [3.63, 3.8) is 0 Å². The van der Waals surface area contributed by atoms with Gasteiger partial charge in [-0.2, -0.15) is 0 Å². The van der Waals surface area contributed by atoms with Crippen LogP contribution >= 0.6 is 23.2 Å². The first kappa shape index (κ1) is 19.3. The van der Waals surface area contributed by atoms with Gasteiger partial charge in [0.2, 0.25) is 0 Å². The van der Waals surface area contributed by atoms with Gasteiger partial charge in [0.05, 0.1) is 12.1 Å². The fraction of sp³-hybridized carbons (Fsp3) is 0.588. The predicted molar refractivity (Wildman–Crippen MR) is 99.1 cm³/mol. The average molecular weight is 374 g/mol. The number of aliphatic imine (C=N–C) groups is 1. The zero-order chi connectivity index (χ0) is 17.4. The Kier molecular flexibility index (Phi) is 7.62. The molecule has 1 fully saturated rings. The summed E-state index contributed by atoms with van der Waals surface area (Å²) in [6, 6.07) is 5.45. The smallest absolute Gasteiger partial charge is 0.191 e. The summed E-state index contributed by atoms with van der Waals surface area (Å²) in [5.41, 5.74) is 0.734. The second-order valence-electron chi connectivity index (χ2n) is 5.78. The number of hydrogen-bond donors (Lipinski definition) is 2. The van der Waals surface area contributed by atoms with Gasteiger partial charge in [0, 0.05) is 56.3 Å². The van der Waals surface area contributed by atoms with Crippen LogP contribution in [0, 0.1) is 0 Å². The van der Waals surface area contributed by atoms with Crippen molar-refractivity contribution < 1.29 is 9.47 Å². The summed E-state index contributed by atoms with van der Waals surface area (Å²) in [6.45, 7) is 5.44. The molecule has 0 atom stereocenters. The van der Waals surface area contributed by atoms with Gasteiger partial charge in [-0.3, -0.25) is 0 Å². The third kappa shape index (κ3) is 5.52. The molecule has 0 aliphatic carbocycles. The van der Waals surface area contributed by atoms with Crippen LogP contribution in [0.1, 0.15) is 25.3 Å². The molecule has 134 valence electrons. The third-order valence-electron chi connectivity index (χ3n) is 4.18. The van der Waals surface area contributed by atoms with Crippen molar-refractivity contribution in [3.05, 3.63) is 33.8 Å². The second kappa shape index (κ2) is 9.47. The van der Waals surface area contributed by atoms with E-state index in [9.17, 15) is 0 Å². The lowest BCUT2D eigenvalue weighted by Crippen LogP contribution is -2.50. The van der Waals surface area contributed by atoms with E-state index in [2.05, 4.69) is 15.6 Å². The normalized spacial score (nSPS) is 17.6. The maximum absolute atomic E-state index is 6.21. The fourth-order valence-corrected chi connectivity index (χ4v) is 3.07. The van der Waals surface area contributed by atoms with E-state index in [-0.39, 0.29) is 5.60 Å². The van der Waals surface area contributed by atoms with Gasteiger partial charge < -0.3 is 20.1 Å². The van der Waals surface area contributed by atoms with E-state index in [4.69, 9.17) is 32.7 Å². The molecule has 1 saturated heterocycles. The zero-order valence-electron chi connectivity index (χ0n) is 14.2. The molecule has 7 heteroatoms. The highest BCUT2D eigenvalue weighted by molar-refractivity contribution is 6.35. The van der Waals surface area contributed by atoms with Crippen molar-refractivity contribution in [2.24, 2.45) is 4.99 Å². The summed E-state index contributed by atoms with van der Waals surface area (Å²) in [4.78, 5) is 4.60. The lowest BCUT2D eigenvalue weighted by Gasteiger charge is -2.36. The summed E-state index contributed by atoms with van der Waals surface area (Å²) in [6.07, 6.45) is 1.75. The van der Waals surface area contributed by atoms with Crippen molar-refractivity contribution in [3.8, 4) is 0 Å². The Morgan fingerprint density at radius 1 is 1.29 bits per heavy atom. The first-order valence-corrected chi connectivity index (χ1v) is 8.93. The SMILES string of the molecule is CCNC(=NCc1ccc(Cl)cc1Cl)NCC1(OC)CCOCC1. The van der Waals surface area contributed by atoms with Gasteiger partial charge in [-0.1, -0.05) is 29.3 Å². The Labute approximate surface area is 153 Å². The molecule has 5 nitrogen and oxygen atoms in total. The summed E-state index contributed by atoms with van der Waals surface area (Å²) < 4.78 is 11.2. The number of methoxy groups -OCH3 is 1. The lowest BCUT2D eigenvalue weighted by atomic mass is 9.94. The van der Waals surface area contributed by atoms with Crippen LogP contribution in [0.4, 0.5) is 0 Å². The highest BCUT2D eigenvalue weighted by Gasteiger charge is 2.32. The molecule has 2 N–H and O–H groups in total. The van der Waals surface area contributed by atoms with Gasteiger partial charge in [-0.15, -0.1) is 0 Å².